The fourth-order valence-corrected chi connectivity index (χ4v) is 0.897. The first-order valence-electron chi connectivity index (χ1n) is 3.40. The minimum Gasteiger partial charge on any atom is -0.417 e. The average Bonchev–Trinajstić information content (AvgIpc) is 1.94. The first kappa shape index (κ1) is 10.2. The summed E-state index contributed by atoms with van der Waals surface area (Å²) in [7, 11) is 0. The number of rotatable bonds is 2. The Morgan fingerprint density at radius 3 is 2.54 bits per heavy atom. The van der Waals surface area contributed by atoms with Gasteiger partial charge in [-0.25, -0.2) is 4.39 Å². The molecule has 0 amide bonds. The molecular formula is C8H6ClF3O. The van der Waals surface area contributed by atoms with Crippen LogP contribution in [0, 0.1) is 12.7 Å². The van der Waals surface area contributed by atoms with Crippen molar-refractivity contribution in [2.45, 2.75) is 12.5 Å². The summed E-state index contributed by atoms with van der Waals surface area (Å²) >= 11 is 4.47. The molecule has 0 spiro atoms. The molecule has 72 valence electrons. The van der Waals surface area contributed by atoms with Crippen molar-refractivity contribution in [3.8, 4) is 5.75 Å². The molecule has 0 heterocycles. The van der Waals surface area contributed by atoms with Gasteiger partial charge in [0.15, 0.2) is 11.6 Å². The Labute approximate surface area is 78.1 Å². The van der Waals surface area contributed by atoms with Gasteiger partial charge < -0.3 is 4.74 Å². The van der Waals surface area contributed by atoms with E-state index in [9.17, 15) is 13.2 Å². The topological polar surface area (TPSA) is 9.23 Å². The molecule has 0 bridgehead atoms. The number of ether oxygens (including phenoxy) is 1. The molecule has 1 nitrogen and oxygen atoms in total. The highest BCUT2D eigenvalue weighted by Gasteiger charge is 2.28. The normalized spacial score (nSPS) is 11.5. The molecule has 0 fully saturated rings. The molecule has 0 N–H and O–H groups in total. The zero-order valence-electron chi connectivity index (χ0n) is 6.65. The lowest BCUT2D eigenvalue weighted by Gasteiger charge is -2.11. The SMILES string of the molecule is Cc1ccc(F)c(OC(F)(F)Cl)c1. The second kappa shape index (κ2) is 3.46. The van der Waals surface area contributed by atoms with Gasteiger partial charge in [0.25, 0.3) is 0 Å². The molecule has 0 aliphatic rings. The number of hydrogen-bond donors (Lipinski definition) is 0. The summed E-state index contributed by atoms with van der Waals surface area (Å²) in [5.74, 6) is -1.43. The van der Waals surface area contributed by atoms with E-state index in [1.807, 2.05) is 0 Å². The molecule has 1 aromatic rings. The van der Waals surface area contributed by atoms with Crippen molar-refractivity contribution >= 4 is 11.6 Å². The fourth-order valence-electron chi connectivity index (χ4n) is 0.813. The molecule has 0 unspecified atom stereocenters. The van der Waals surface area contributed by atoms with Crippen LogP contribution in [0.25, 0.3) is 0 Å². The van der Waals surface area contributed by atoms with E-state index in [0.717, 1.165) is 12.1 Å². The van der Waals surface area contributed by atoms with Crippen molar-refractivity contribution < 1.29 is 17.9 Å². The van der Waals surface area contributed by atoms with Crippen molar-refractivity contribution in [1.29, 1.82) is 0 Å². The second-order valence-electron chi connectivity index (χ2n) is 2.48. The van der Waals surface area contributed by atoms with Crippen LogP contribution >= 0.6 is 11.6 Å². The van der Waals surface area contributed by atoms with Gasteiger partial charge in [-0.1, -0.05) is 6.07 Å². The van der Waals surface area contributed by atoms with Crippen LogP contribution in [0.5, 0.6) is 5.75 Å². The summed E-state index contributed by atoms with van der Waals surface area (Å²) in [4.78, 5) is 0. The third-order valence-electron chi connectivity index (χ3n) is 1.31. The predicted octanol–water partition coefficient (Wildman–Crippen LogP) is 3.30. The summed E-state index contributed by atoms with van der Waals surface area (Å²) in [5, 5.41) is 0. The third kappa shape index (κ3) is 3.14. The Kier molecular flexibility index (Phi) is 2.71. The molecule has 0 aliphatic heterocycles. The van der Waals surface area contributed by atoms with Crippen LogP contribution in [0.15, 0.2) is 18.2 Å². The zero-order valence-corrected chi connectivity index (χ0v) is 7.41. The Hall–Kier alpha value is -0.900. The summed E-state index contributed by atoms with van der Waals surface area (Å²) in [5.41, 5.74) is -3.27. The van der Waals surface area contributed by atoms with Crippen molar-refractivity contribution in [2.75, 3.05) is 0 Å². The lowest BCUT2D eigenvalue weighted by Crippen LogP contribution is -2.16. The third-order valence-corrected chi connectivity index (χ3v) is 1.39. The Balaban J connectivity index is 2.94. The molecule has 5 heteroatoms. The van der Waals surface area contributed by atoms with Crippen molar-refractivity contribution in [3.63, 3.8) is 0 Å². The Bertz CT molecular complexity index is 309. The van der Waals surface area contributed by atoms with Crippen LogP contribution in [0.3, 0.4) is 0 Å². The van der Waals surface area contributed by atoms with Gasteiger partial charge in [0.05, 0.1) is 0 Å². The van der Waals surface area contributed by atoms with Gasteiger partial charge in [0.2, 0.25) is 0 Å². The Morgan fingerprint density at radius 1 is 1.38 bits per heavy atom. The highest BCUT2D eigenvalue weighted by atomic mass is 35.5. The molecule has 0 aromatic heterocycles. The van der Waals surface area contributed by atoms with E-state index < -0.39 is 17.1 Å². The van der Waals surface area contributed by atoms with E-state index in [2.05, 4.69) is 16.3 Å². The molecular weight excluding hydrogens is 205 g/mol. The van der Waals surface area contributed by atoms with Crippen molar-refractivity contribution in [2.24, 2.45) is 0 Å². The van der Waals surface area contributed by atoms with Gasteiger partial charge in [-0.15, -0.1) is 8.78 Å². The van der Waals surface area contributed by atoms with E-state index in [1.165, 1.54) is 6.07 Å². The monoisotopic (exact) mass is 210 g/mol. The standard InChI is InChI=1S/C8H6ClF3O/c1-5-2-3-6(10)7(4-5)13-8(9,11)12/h2-4H,1H3. The van der Waals surface area contributed by atoms with Gasteiger partial charge in [-0.3, -0.25) is 0 Å². The maximum Gasteiger partial charge on any atom is 0.487 e. The molecule has 1 aromatic carbocycles. The van der Waals surface area contributed by atoms with Crippen LogP contribution in [-0.2, 0) is 0 Å². The maximum absolute atomic E-state index is 12.8. The summed E-state index contributed by atoms with van der Waals surface area (Å²) in [6.07, 6.45) is 0. The lowest BCUT2D eigenvalue weighted by molar-refractivity contribution is -0.0984. The van der Waals surface area contributed by atoms with Crippen molar-refractivity contribution in [1.82, 2.24) is 0 Å². The number of benzene rings is 1. The van der Waals surface area contributed by atoms with Gasteiger partial charge in [-0.05, 0) is 24.6 Å². The minimum absolute atomic E-state index is 0.556. The molecule has 0 saturated carbocycles. The number of alkyl halides is 3. The van der Waals surface area contributed by atoms with E-state index in [4.69, 9.17) is 0 Å². The molecule has 1 rings (SSSR count). The van der Waals surface area contributed by atoms with Crippen LogP contribution in [-0.4, -0.2) is 5.57 Å². The molecule has 0 saturated heterocycles. The average molecular weight is 211 g/mol. The molecule has 13 heavy (non-hydrogen) atoms. The second-order valence-corrected chi connectivity index (χ2v) is 2.92. The van der Waals surface area contributed by atoms with Crippen LogP contribution < -0.4 is 4.74 Å². The molecule has 0 atom stereocenters. The smallest absolute Gasteiger partial charge is 0.417 e. The first-order chi connectivity index (χ1) is 5.88. The van der Waals surface area contributed by atoms with E-state index in [-0.39, 0.29) is 0 Å². The summed E-state index contributed by atoms with van der Waals surface area (Å²) in [6, 6.07) is 3.62. The summed E-state index contributed by atoms with van der Waals surface area (Å²) in [6.45, 7) is 1.62. The van der Waals surface area contributed by atoms with E-state index >= 15 is 0 Å². The summed E-state index contributed by atoms with van der Waals surface area (Å²) < 4.78 is 40.8. The quantitative estimate of drug-likeness (QED) is 0.681. The predicted molar refractivity (Wildman–Crippen MR) is 42.6 cm³/mol. The van der Waals surface area contributed by atoms with Gasteiger partial charge >= 0.3 is 5.57 Å². The largest absolute Gasteiger partial charge is 0.487 e. The number of halogens is 4. The minimum atomic E-state index is -3.88. The highest BCUT2D eigenvalue weighted by Crippen LogP contribution is 2.27. The Morgan fingerprint density at radius 2 is 2.00 bits per heavy atom. The van der Waals surface area contributed by atoms with Gasteiger partial charge in [-0.2, -0.15) is 0 Å². The first-order valence-corrected chi connectivity index (χ1v) is 3.78. The molecule has 0 aliphatic carbocycles. The fraction of sp³-hybridized carbons (Fsp3) is 0.250. The number of aryl methyl sites for hydroxylation is 1. The molecule has 0 radical (unpaired) electrons. The van der Waals surface area contributed by atoms with E-state index in [1.54, 1.807) is 6.92 Å². The van der Waals surface area contributed by atoms with Crippen molar-refractivity contribution in [3.05, 3.63) is 29.6 Å². The van der Waals surface area contributed by atoms with E-state index in [0.29, 0.717) is 5.56 Å². The van der Waals surface area contributed by atoms with Crippen LogP contribution in [0.1, 0.15) is 5.56 Å². The van der Waals surface area contributed by atoms with Crippen LogP contribution in [0.4, 0.5) is 13.2 Å². The van der Waals surface area contributed by atoms with Gasteiger partial charge in [0, 0.05) is 11.6 Å². The highest BCUT2D eigenvalue weighted by molar-refractivity contribution is 6.20. The number of hydrogen-bond acceptors (Lipinski definition) is 1. The maximum atomic E-state index is 12.8. The lowest BCUT2D eigenvalue weighted by atomic mass is 10.2. The zero-order chi connectivity index (χ0) is 10.1. The van der Waals surface area contributed by atoms with Crippen LogP contribution in [0.2, 0.25) is 0 Å². The van der Waals surface area contributed by atoms with Gasteiger partial charge in [0.1, 0.15) is 0 Å².